The largest absolute Gasteiger partial charge is 0.350 e. The molecular weight excluding hydrogens is 403 g/mol. The predicted octanol–water partition coefficient (Wildman–Crippen LogP) is 5.39. The summed E-state index contributed by atoms with van der Waals surface area (Å²) in [5, 5.41) is 2.92. The summed E-state index contributed by atoms with van der Waals surface area (Å²) in [6.07, 6.45) is 0.807. The van der Waals surface area contributed by atoms with Gasteiger partial charge in [-0.25, -0.2) is 4.39 Å². The molecule has 0 aliphatic rings. The Morgan fingerprint density at radius 2 is 1.56 bits per heavy atom. The molecule has 0 radical (unpaired) electrons. The normalized spacial score (nSPS) is 12.9. The van der Waals surface area contributed by atoms with E-state index in [0.717, 1.165) is 5.56 Å². The number of carbonyl (C=O) groups is 2. The summed E-state index contributed by atoms with van der Waals surface area (Å²) in [6, 6.07) is 13.9. The number of halogens is 1. The van der Waals surface area contributed by atoms with Gasteiger partial charge in [-0.15, -0.1) is 0 Å². The minimum atomic E-state index is -0.718. The van der Waals surface area contributed by atoms with Crippen LogP contribution in [0.4, 0.5) is 4.39 Å². The van der Waals surface area contributed by atoms with Gasteiger partial charge in [0.15, 0.2) is 0 Å². The highest BCUT2D eigenvalue weighted by molar-refractivity contribution is 5.87. The summed E-state index contributed by atoms with van der Waals surface area (Å²) in [4.78, 5) is 27.5. The standard InChI is InChI=1S/C27H37FN2O2/c1-19(25(32)29-27(5,6)7)30(18-21-10-8-9-11-23(21)28)24(31)17-14-20-12-15-22(16-13-20)26(2,3)4/h8-13,15-16,19H,14,17-18H2,1-7H3,(H,29,32)/t19-/m1/s1. The molecule has 1 N–H and O–H groups in total. The second-order valence-corrected chi connectivity index (χ2v) is 10.5. The molecule has 0 saturated carbocycles. The van der Waals surface area contributed by atoms with E-state index in [2.05, 4.69) is 38.2 Å². The summed E-state index contributed by atoms with van der Waals surface area (Å²) >= 11 is 0. The number of amides is 2. The molecule has 2 rings (SSSR count). The summed E-state index contributed by atoms with van der Waals surface area (Å²) in [6.45, 7) is 13.9. The molecule has 2 aromatic rings. The molecule has 0 unspecified atom stereocenters. The zero-order valence-corrected chi connectivity index (χ0v) is 20.5. The fraction of sp³-hybridized carbons (Fsp3) is 0.481. The third-order valence-corrected chi connectivity index (χ3v) is 5.41. The number of carbonyl (C=O) groups excluding carboxylic acids is 2. The highest BCUT2D eigenvalue weighted by Gasteiger charge is 2.28. The summed E-state index contributed by atoms with van der Waals surface area (Å²) in [5.74, 6) is -0.812. The Morgan fingerprint density at radius 1 is 0.969 bits per heavy atom. The molecule has 0 saturated heterocycles. The predicted molar refractivity (Wildman–Crippen MR) is 128 cm³/mol. The van der Waals surface area contributed by atoms with Gasteiger partial charge in [-0.2, -0.15) is 0 Å². The number of hydrogen-bond acceptors (Lipinski definition) is 2. The fourth-order valence-electron chi connectivity index (χ4n) is 3.43. The maximum Gasteiger partial charge on any atom is 0.242 e. The first-order valence-corrected chi connectivity index (χ1v) is 11.2. The van der Waals surface area contributed by atoms with Gasteiger partial charge >= 0.3 is 0 Å². The molecule has 0 heterocycles. The van der Waals surface area contributed by atoms with E-state index in [1.165, 1.54) is 16.5 Å². The van der Waals surface area contributed by atoms with Crippen LogP contribution in [0.3, 0.4) is 0 Å². The Bertz CT molecular complexity index is 924. The highest BCUT2D eigenvalue weighted by Crippen LogP contribution is 2.23. The van der Waals surface area contributed by atoms with E-state index >= 15 is 0 Å². The highest BCUT2D eigenvalue weighted by atomic mass is 19.1. The number of nitrogens with one attached hydrogen (secondary N) is 1. The number of hydrogen-bond donors (Lipinski definition) is 1. The summed E-state index contributed by atoms with van der Waals surface area (Å²) in [5.41, 5.74) is 2.34. The second-order valence-electron chi connectivity index (χ2n) is 10.5. The molecule has 0 aliphatic carbocycles. The lowest BCUT2D eigenvalue weighted by atomic mass is 9.86. The lowest BCUT2D eigenvalue weighted by Crippen LogP contribution is -2.52. The van der Waals surface area contributed by atoms with Crippen molar-refractivity contribution >= 4 is 11.8 Å². The Labute approximate surface area is 192 Å². The Morgan fingerprint density at radius 3 is 2.09 bits per heavy atom. The van der Waals surface area contributed by atoms with Gasteiger partial charge in [0.25, 0.3) is 0 Å². The lowest BCUT2D eigenvalue weighted by Gasteiger charge is -2.31. The van der Waals surface area contributed by atoms with Crippen molar-refractivity contribution in [2.75, 3.05) is 0 Å². The first-order chi connectivity index (χ1) is 14.8. The van der Waals surface area contributed by atoms with Crippen LogP contribution in [0.15, 0.2) is 48.5 Å². The van der Waals surface area contributed by atoms with E-state index in [4.69, 9.17) is 0 Å². The summed E-state index contributed by atoms with van der Waals surface area (Å²) in [7, 11) is 0. The quantitative estimate of drug-likeness (QED) is 0.628. The lowest BCUT2D eigenvalue weighted by molar-refractivity contribution is -0.141. The van der Waals surface area contributed by atoms with Crippen LogP contribution in [0.25, 0.3) is 0 Å². The Hall–Kier alpha value is -2.69. The van der Waals surface area contributed by atoms with E-state index in [9.17, 15) is 14.0 Å². The van der Waals surface area contributed by atoms with Crippen LogP contribution in [0.5, 0.6) is 0 Å². The molecule has 0 spiro atoms. The minimum absolute atomic E-state index is 0.0488. The van der Waals surface area contributed by atoms with Crippen molar-refractivity contribution in [1.29, 1.82) is 0 Å². The average molecular weight is 441 g/mol. The summed E-state index contributed by atoms with van der Waals surface area (Å²) < 4.78 is 14.3. The maximum atomic E-state index is 14.3. The van der Waals surface area contributed by atoms with Crippen LogP contribution in [0.2, 0.25) is 0 Å². The fourth-order valence-corrected chi connectivity index (χ4v) is 3.43. The first-order valence-electron chi connectivity index (χ1n) is 11.2. The number of aryl methyl sites for hydroxylation is 1. The van der Waals surface area contributed by atoms with E-state index in [0.29, 0.717) is 12.0 Å². The van der Waals surface area contributed by atoms with Crippen molar-refractivity contribution in [3.8, 4) is 0 Å². The van der Waals surface area contributed by atoms with Crippen molar-refractivity contribution in [3.05, 3.63) is 71.0 Å². The molecule has 0 bridgehead atoms. The van der Waals surface area contributed by atoms with Crippen LogP contribution in [0.1, 0.15) is 71.6 Å². The van der Waals surface area contributed by atoms with Crippen molar-refractivity contribution in [2.24, 2.45) is 0 Å². The first kappa shape index (κ1) is 25.6. The van der Waals surface area contributed by atoms with Gasteiger partial charge < -0.3 is 10.2 Å². The van der Waals surface area contributed by atoms with Gasteiger partial charge in [0.2, 0.25) is 11.8 Å². The van der Waals surface area contributed by atoms with Crippen molar-refractivity contribution < 1.29 is 14.0 Å². The Balaban J connectivity index is 2.17. The van der Waals surface area contributed by atoms with Crippen LogP contribution in [0, 0.1) is 5.82 Å². The number of nitrogens with zero attached hydrogens (tertiary/aromatic N) is 1. The van der Waals surface area contributed by atoms with Gasteiger partial charge in [0.05, 0.1) is 0 Å². The minimum Gasteiger partial charge on any atom is -0.350 e. The molecule has 174 valence electrons. The molecule has 5 heteroatoms. The van der Waals surface area contributed by atoms with Gasteiger partial charge in [-0.1, -0.05) is 63.2 Å². The van der Waals surface area contributed by atoms with Crippen molar-refractivity contribution in [3.63, 3.8) is 0 Å². The zero-order chi connectivity index (χ0) is 24.1. The SMILES string of the molecule is C[C@H](C(=O)NC(C)(C)C)N(Cc1ccccc1F)C(=O)CCc1ccc(C(C)(C)C)cc1. The van der Waals surface area contributed by atoms with Crippen LogP contribution < -0.4 is 5.32 Å². The number of benzene rings is 2. The van der Waals surface area contributed by atoms with Crippen LogP contribution in [-0.2, 0) is 28.0 Å². The maximum absolute atomic E-state index is 14.3. The smallest absolute Gasteiger partial charge is 0.242 e. The molecule has 2 aromatic carbocycles. The molecule has 1 atom stereocenters. The van der Waals surface area contributed by atoms with Crippen molar-refractivity contribution in [2.45, 2.75) is 84.8 Å². The molecule has 32 heavy (non-hydrogen) atoms. The Kier molecular flexibility index (Phi) is 8.22. The second kappa shape index (κ2) is 10.3. The molecule has 0 aliphatic heterocycles. The number of rotatable bonds is 7. The monoisotopic (exact) mass is 440 g/mol. The average Bonchev–Trinajstić information content (AvgIpc) is 2.69. The van der Waals surface area contributed by atoms with E-state index in [1.54, 1.807) is 25.1 Å². The molecular formula is C27H37FN2O2. The van der Waals surface area contributed by atoms with Crippen LogP contribution in [-0.4, -0.2) is 28.3 Å². The van der Waals surface area contributed by atoms with Crippen molar-refractivity contribution in [1.82, 2.24) is 10.2 Å². The molecule has 2 amide bonds. The molecule has 0 fully saturated rings. The third-order valence-electron chi connectivity index (χ3n) is 5.41. The van der Waals surface area contributed by atoms with Gasteiger partial charge in [-0.05, 0) is 56.7 Å². The van der Waals surface area contributed by atoms with Crippen LogP contribution >= 0.6 is 0 Å². The van der Waals surface area contributed by atoms with E-state index in [1.807, 2.05) is 32.9 Å². The third kappa shape index (κ3) is 7.47. The van der Waals surface area contributed by atoms with E-state index < -0.39 is 11.6 Å². The van der Waals surface area contributed by atoms with Gasteiger partial charge in [-0.3, -0.25) is 9.59 Å². The molecule has 4 nitrogen and oxygen atoms in total. The zero-order valence-electron chi connectivity index (χ0n) is 20.5. The van der Waals surface area contributed by atoms with Gasteiger partial charge in [0, 0.05) is 24.1 Å². The topological polar surface area (TPSA) is 49.4 Å². The van der Waals surface area contributed by atoms with Gasteiger partial charge in [0.1, 0.15) is 11.9 Å². The van der Waals surface area contributed by atoms with E-state index in [-0.39, 0.29) is 36.0 Å². The molecule has 0 aromatic heterocycles.